The van der Waals surface area contributed by atoms with E-state index in [4.69, 9.17) is 4.74 Å². The molecule has 5 atom stereocenters. The highest BCUT2D eigenvalue weighted by Crippen LogP contribution is 2.61. The van der Waals surface area contributed by atoms with Gasteiger partial charge in [0.25, 0.3) is 0 Å². The first kappa shape index (κ1) is 20.7. The van der Waals surface area contributed by atoms with Gasteiger partial charge < -0.3 is 9.22 Å². The maximum atomic E-state index is 6.74. The van der Waals surface area contributed by atoms with Gasteiger partial charge in [-0.05, 0) is 52.9 Å². The number of nitrogens with zero attached hydrogens (tertiary/aromatic N) is 1. The van der Waals surface area contributed by atoms with Crippen LogP contribution in [0.5, 0.6) is 0 Å². The largest absolute Gasteiger partial charge is 0.367 e. The predicted octanol–water partition coefficient (Wildman–Crippen LogP) is 7.10. The lowest BCUT2D eigenvalue weighted by molar-refractivity contribution is -0.965. The predicted molar refractivity (Wildman–Crippen MR) is 139 cm³/mol. The lowest BCUT2D eigenvalue weighted by Gasteiger charge is -2.44. The molecule has 2 heterocycles. The fraction of sp³-hybridized carbons (Fsp3) is 0.375. The number of benzene rings is 4. The van der Waals surface area contributed by atoms with Crippen molar-refractivity contribution in [1.82, 2.24) is 0 Å². The molecule has 0 unspecified atom stereocenters. The minimum Gasteiger partial charge on any atom is -0.367 e. The number of ether oxygens (including phenoxy) is 1. The molecule has 1 saturated carbocycles. The Morgan fingerprint density at radius 2 is 1.50 bits per heavy atom. The van der Waals surface area contributed by atoms with Crippen LogP contribution >= 0.6 is 0 Å². The van der Waals surface area contributed by atoms with Crippen LogP contribution in [0.3, 0.4) is 0 Å². The van der Waals surface area contributed by atoms with Crippen molar-refractivity contribution in [2.45, 2.75) is 51.0 Å². The molecule has 4 aromatic carbocycles. The van der Waals surface area contributed by atoms with Crippen LogP contribution < -0.4 is 0 Å². The van der Waals surface area contributed by atoms with E-state index in [1.54, 1.807) is 5.56 Å². The summed E-state index contributed by atoms with van der Waals surface area (Å²) in [4.78, 5) is 0. The molecule has 7 rings (SSSR count). The molecule has 2 aliphatic heterocycles. The van der Waals surface area contributed by atoms with Crippen LogP contribution in [0, 0.1) is 11.8 Å². The molecule has 34 heavy (non-hydrogen) atoms. The molecule has 3 aliphatic rings. The highest BCUT2D eigenvalue weighted by atomic mass is 16.5. The first-order chi connectivity index (χ1) is 16.7. The summed E-state index contributed by atoms with van der Waals surface area (Å²) in [5.41, 5.74) is 3.17. The fourth-order valence-electron chi connectivity index (χ4n) is 8.25. The van der Waals surface area contributed by atoms with Crippen LogP contribution in [0.2, 0.25) is 0 Å². The molecule has 1 aliphatic carbocycles. The van der Waals surface area contributed by atoms with E-state index >= 15 is 0 Å². The number of fused-ring (bicyclic) bond motifs is 2. The van der Waals surface area contributed by atoms with E-state index in [-0.39, 0.29) is 0 Å². The average molecular weight is 449 g/mol. The van der Waals surface area contributed by atoms with Gasteiger partial charge in [0.05, 0.1) is 13.2 Å². The third-order valence-corrected chi connectivity index (χ3v) is 9.96. The summed E-state index contributed by atoms with van der Waals surface area (Å²) < 4.78 is 7.95. The number of rotatable bonds is 5. The van der Waals surface area contributed by atoms with Crippen LogP contribution in [-0.4, -0.2) is 29.2 Å². The third-order valence-electron chi connectivity index (χ3n) is 9.96. The van der Waals surface area contributed by atoms with E-state index in [1.807, 2.05) is 0 Å². The summed E-state index contributed by atoms with van der Waals surface area (Å²) in [5.74, 6) is 1.51. The molecule has 3 fully saturated rings. The quantitative estimate of drug-likeness (QED) is 0.234. The van der Waals surface area contributed by atoms with Crippen LogP contribution in [-0.2, 0) is 17.9 Å². The van der Waals surface area contributed by atoms with Crippen molar-refractivity contribution in [3.8, 4) is 0 Å². The Morgan fingerprint density at radius 1 is 0.824 bits per heavy atom. The van der Waals surface area contributed by atoms with Gasteiger partial charge in [-0.25, -0.2) is 0 Å². The topological polar surface area (TPSA) is 9.23 Å². The van der Waals surface area contributed by atoms with E-state index in [9.17, 15) is 0 Å². The molecule has 0 aromatic heterocycles. The van der Waals surface area contributed by atoms with Crippen molar-refractivity contribution in [1.29, 1.82) is 0 Å². The molecule has 0 amide bonds. The van der Waals surface area contributed by atoms with Crippen LogP contribution in [0.1, 0.15) is 37.3 Å². The highest BCUT2D eigenvalue weighted by molar-refractivity contribution is 6.02. The summed E-state index contributed by atoms with van der Waals surface area (Å²) in [6.07, 6.45) is 4.44. The average Bonchev–Trinajstić information content (AvgIpc) is 3.45. The first-order valence-electron chi connectivity index (χ1n) is 13.1. The number of hydrogen-bond donors (Lipinski definition) is 0. The summed E-state index contributed by atoms with van der Waals surface area (Å²) in [6.45, 7) is 6.93. The Hall–Kier alpha value is -2.68. The Morgan fingerprint density at radius 3 is 2.24 bits per heavy atom. The van der Waals surface area contributed by atoms with Gasteiger partial charge >= 0.3 is 0 Å². The van der Waals surface area contributed by atoms with Crippen LogP contribution in [0.4, 0.5) is 0 Å². The summed E-state index contributed by atoms with van der Waals surface area (Å²) in [7, 11) is 0. The minimum atomic E-state index is 0.333. The Labute approximate surface area is 202 Å². The van der Waals surface area contributed by atoms with Crippen molar-refractivity contribution >= 4 is 21.5 Å². The second kappa shape index (κ2) is 7.66. The normalized spacial score (nSPS) is 32.0. The first-order valence-corrected chi connectivity index (χ1v) is 13.1. The van der Waals surface area contributed by atoms with Crippen molar-refractivity contribution < 1.29 is 9.22 Å². The minimum absolute atomic E-state index is 0.333. The molecule has 0 N–H and O–H groups in total. The standard InChI is InChI=1S/C32H34NO/c1-32-26-15-16-30(32)31(34-22-23-9-3-2-4-10-23)21-33(32,18-17-26)20-29-27-13-7-5-11-24(27)19-25-12-6-8-14-28(25)29/h2-14,19,26,30-31H,15-18,20-22H2,1H3/q+1/t26-,30+,31-,32+,33+/m0/s1. The van der Waals surface area contributed by atoms with Gasteiger partial charge in [-0.3, -0.25) is 0 Å². The molecular formula is C32H34NO+. The van der Waals surface area contributed by atoms with Crippen LogP contribution in [0.15, 0.2) is 84.9 Å². The summed E-state index contributed by atoms with van der Waals surface area (Å²) in [6, 6.07) is 31.1. The SMILES string of the molecule is C[C@@]12[C@H]3CC[C@@H]1[C@@H](OCc1ccccc1)C[N@+]2(Cc1c2ccccc2cc2ccccc12)CC3. The molecule has 0 radical (unpaired) electrons. The van der Waals surface area contributed by atoms with E-state index in [0.29, 0.717) is 17.6 Å². The number of quaternary nitrogens is 1. The molecule has 2 nitrogen and oxygen atoms in total. The second-order valence-corrected chi connectivity index (χ2v) is 11.2. The Balaban J connectivity index is 1.30. The smallest absolute Gasteiger partial charge is 0.116 e. The van der Waals surface area contributed by atoms with Gasteiger partial charge in [-0.2, -0.15) is 0 Å². The van der Waals surface area contributed by atoms with Gasteiger partial charge in [0.2, 0.25) is 0 Å². The zero-order valence-electron chi connectivity index (χ0n) is 20.1. The van der Waals surface area contributed by atoms with Gasteiger partial charge in [-0.15, -0.1) is 0 Å². The zero-order valence-corrected chi connectivity index (χ0v) is 20.1. The Kier molecular flexibility index (Phi) is 4.66. The molecule has 4 aromatic rings. The maximum absolute atomic E-state index is 6.74. The van der Waals surface area contributed by atoms with Crippen molar-refractivity contribution in [3.63, 3.8) is 0 Å². The highest BCUT2D eigenvalue weighted by Gasteiger charge is 2.71. The lowest BCUT2D eigenvalue weighted by atomic mass is 9.82. The lowest BCUT2D eigenvalue weighted by Crippen LogP contribution is -2.57. The molecular weight excluding hydrogens is 414 g/mol. The van der Waals surface area contributed by atoms with Crippen molar-refractivity contribution in [2.24, 2.45) is 11.8 Å². The van der Waals surface area contributed by atoms with Gasteiger partial charge in [0.1, 0.15) is 24.7 Å². The summed E-state index contributed by atoms with van der Waals surface area (Å²) in [5, 5.41) is 5.61. The maximum Gasteiger partial charge on any atom is 0.116 e. The van der Waals surface area contributed by atoms with Crippen molar-refractivity contribution in [3.05, 3.63) is 96.1 Å². The van der Waals surface area contributed by atoms with Gasteiger partial charge in [0.15, 0.2) is 0 Å². The molecule has 2 heteroatoms. The van der Waals surface area contributed by atoms with Crippen molar-refractivity contribution in [2.75, 3.05) is 13.1 Å². The molecule has 2 saturated heterocycles. The van der Waals surface area contributed by atoms with E-state index in [1.165, 1.54) is 57.4 Å². The number of hydrogen-bond acceptors (Lipinski definition) is 1. The molecule has 172 valence electrons. The Bertz CT molecular complexity index is 1310. The van der Waals surface area contributed by atoms with Crippen LogP contribution in [0.25, 0.3) is 21.5 Å². The van der Waals surface area contributed by atoms with Gasteiger partial charge in [0, 0.05) is 23.8 Å². The molecule has 0 spiro atoms. The van der Waals surface area contributed by atoms with Gasteiger partial charge in [-0.1, -0.05) is 78.9 Å². The molecule has 0 bridgehead atoms. The van der Waals surface area contributed by atoms with E-state index < -0.39 is 0 Å². The summed E-state index contributed by atoms with van der Waals surface area (Å²) >= 11 is 0. The fourth-order valence-corrected chi connectivity index (χ4v) is 8.25. The second-order valence-electron chi connectivity index (χ2n) is 11.2. The third kappa shape index (κ3) is 2.88. The van der Waals surface area contributed by atoms with E-state index in [2.05, 4.69) is 91.9 Å². The monoisotopic (exact) mass is 448 g/mol. The zero-order chi connectivity index (χ0) is 22.8. The van der Waals surface area contributed by atoms with E-state index in [0.717, 1.165) is 25.6 Å².